The molecule has 4 heteroatoms. The first-order chi connectivity index (χ1) is 29.7. The smallest absolute Gasteiger partial charge is 0.195 e. The summed E-state index contributed by atoms with van der Waals surface area (Å²) >= 11 is 0. The Labute approximate surface area is 347 Å². The van der Waals surface area contributed by atoms with Gasteiger partial charge in [-0.3, -0.25) is 0 Å². The van der Waals surface area contributed by atoms with Gasteiger partial charge in [-0.05, 0) is 88.6 Å². The number of hydrogen-bond acceptors (Lipinski definition) is 3. The third-order valence-electron chi connectivity index (χ3n) is 11.5. The molecule has 10 aromatic carbocycles. The van der Waals surface area contributed by atoms with Gasteiger partial charge in [-0.15, -0.1) is 0 Å². The van der Waals surface area contributed by atoms with Crippen molar-refractivity contribution in [2.45, 2.75) is 0 Å². The summed E-state index contributed by atoms with van der Waals surface area (Å²) in [4.78, 5) is 19.2. The van der Waals surface area contributed by atoms with E-state index >= 15 is 0 Å². The Kier molecular flexibility index (Phi) is 8.50. The highest BCUT2D eigenvalue weighted by atomic mass is 15.0. The molecular weight excluding hydrogens is 729 g/mol. The fourth-order valence-electron chi connectivity index (χ4n) is 8.59. The van der Waals surface area contributed by atoms with E-state index < -0.39 is 0 Å². The van der Waals surface area contributed by atoms with E-state index in [0.717, 1.165) is 60.8 Å². The molecule has 11 aromatic rings. The van der Waals surface area contributed by atoms with Crippen LogP contribution in [0, 0.1) is 6.57 Å². The summed E-state index contributed by atoms with van der Waals surface area (Å²) in [5, 5.41) is 9.56. The first-order valence-corrected chi connectivity index (χ1v) is 20.0. The lowest BCUT2D eigenvalue weighted by Crippen LogP contribution is -2.00. The lowest BCUT2D eigenvalue weighted by atomic mass is 9.90. The molecule has 0 saturated carbocycles. The fraction of sp³-hybridized carbons (Fsp3) is 0. The largest absolute Gasteiger partial charge is 0.237 e. The summed E-state index contributed by atoms with van der Waals surface area (Å²) < 4.78 is 0. The first kappa shape index (κ1) is 34.9. The van der Waals surface area contributed by atoms with Crippen LogP contribution in [0.3, 0.4) is 0 Å². The predicted octanol–water partition coefficient (Wildman–Crippen LogP) is 15.0. The minimum Gasteiger partial charge on any atom is -0.237 e. The Morgan fingerprint density at radius 2 is 0.800 bits per heavy atom. The third-order valence-corrected chi connectivity index (χ3v) is 11.5. The van der Waals surface area contributed by atoms with E-state index in [1.165, 1.54) is 32.3 Å². The summed E-state index contributed by atoms with van der Waals surface area (Å²) in [6.45, 7) is 8.20. The Morgan fingerprint density at radius 3 is 1.57 bits per heavy atom. The molecule has 0 radical (unpaired) electrons. The second-order valence-corrected chi connectivity index (χ2v) is 15.1. The number of aromatic nitrogens is 3. The Bertz CT molecular complexity index is 3490. The van der Waals surface area contributed by atoms with E-state index in [1.807, 2.05) is 42.5 Å². The molecule has 0 aliphatic heterocycles. The van der Waals surface area contributed by atoms with Crippen molar-refractivity contribution in [3.05, 3.63) is 218 Å². The van der Waals surface area contributed by atoms with Crippen molar-refractivity contribution < 1.29 is 0 Å². The maximum atomic E-state index is 8.20. The van der Waals surface area contributed by atoms with Crippen molar-refractivity contribution in [2.24, 2.45) is 0 Å². The van der Waals surface area contributed by atoms with Crippen LogP contribution in [0.5, 0.6) is 0 Å². The zero-order valence-corrected chi connectivity index (χ0v) is 32.4. The van der Waals surface area contributed by atoms with Crippen molar-refractivity contribution >= 4 is 48.8 Å². The molecule has 0 bridgehead atoms. The van der Waals surface area contributed by atoms with E-state index in [9.17, 15) is 0 Å². The van der Waals surface area contributed by atoms with Crippen LogP contribution in [-0.2, 0) is 0 Å². The van der Waals surface area contributed by atoms with Gasteiger partial charge in [-0.2, -0.15) is 0 Å². The molecule has 0 saturated heterocycles. The minimum absolute atomic E-state index is 0.581. The van der Waals surface area contributed by atoms with Gasteiger partial charge in [-0.1, -0.05) is 194 Å². The van der Waals surface area contributed by atoms with Crippen LogP contribution in [0.25, 0.3) is 115 Å². The molecule has 0 aliphatic rings. The van der Waals surface area contributed by atoms with Crippen LogP contribution in [0.4, 0.5) is 5.69 Å². The highest BCUT2D eigenvalue weighted by Gasteiger charge is 2.17. The molecule has 0 atom stereocenters. The maximum absolute atomic E-state index is 8.20. The monoisotopic (exact) mass is 762 g/mol. The second kappa shape index (κ2) is 14.6. The number of rotatable bonds is 6. The van der Waals surface area contributed by atoms with Gasteiger partial charge in [0.2, 0.25) is 0 Å². The van der Waals surface area contributed by atoms with Crippen molar-refractivity contribution in [2.75, 3.05) is 0 Å². The number of nitrogens with zero attached hydrogens (tertiary/aromatic N) is 4. The standard InChI is InChI=1S/C56H34N4/c1-57-52-23-11-20-47(44-17-9-16-42(34-44)43-31-26-38-25-24-36-12-6-8-19-46(36)51(38)35-43)53(52)39-27-29-41(30-28-39)55-58-54(40-14-3-2-4-15-40)59-56(60-55)50-22-10-21-48-45-18-7-5-13-37(45)32-33-49(48)50/h2-35H. The third kappa shape index (κ3) is 6.14. The molecule has 0 aliphatic carbocycles. The molecule has 0 N–H and O–H groups in total. The molecular formula is C56H34N4. The minimum atomic E-state index is 0.581. The predicted molar refractivity (Wildman–Crippen MR) is 249 cm³/mol. The van der Waals surface area contributed by atoms with Gasteiger partial charge < -0.3 is 0 Å². The summed E-state index contributed by atoms with van der Waals surface area (Å²) in [6.07, 6.45) is 0. The second-order valence-electron chi connectivity index (χ2n) is 15.1. The lowest BCUT2D eigenvalue weighted by Gasteiger charge is -2.15. The van der Waals surface area contributed by atoms with Crippen molar-refractivity contribution in [1.29, 1.82) is 0 Å². The molecule has 278 valence electrons. The number of hydrogen-bond donors (Lipinski definition) is 0. The molecule has 11 rings (SSSR count). The van der Waals surface area contributed by atoms with Crippen LogP contribution in [0.15, 0.2) is 206 Å². The van der Waals surface area contributed by atoms with Gasteiger partial charge in [0.05, 0.1) is 6.57 Å². The van der Waals surface area contributed by atoms with Gasteiger partial charge in [-0.25, -0.2) is 19.8 Å². The zero-order valence-electron chi connectivity index (χ0n) is 32.4. The lowest BCUT2D eigenvalue weighted by molar-refractivity contribution is 1.08. The highest BCUT2D eigenvalue weighted by molar-refractivity contribution is 6.12. The quantitative estimate of drug-likeness (QED) is 0.125. The number of fused-ring (bicyclic) bond motifs is 6. The Morgan fingerprint density at radius 1 is 0.300 bits per heavy atom. The summed E-state index contributed by atoms with van der Waals surface area (Å²) in [7, 11) is 0. The average molecular weight is 763 g/mol. The van der Waals surface area contributed by atoms with Gasteiger partial charge >= 0.3 is 0 Å². The summed E-state index contributed by atoms with van der Waals surface area (Å²) in [6, 6.07) is 71.7. The molecule has 60 heavy (non-hydrogen) atoms. The first-order valence-electron chi connectivity index (χ1n) is 20.0. The van der Waals surface area contributed by atoms with Crippen LogP contribution in [0.1, 0.15) is 0 Å². The topological polar surface area (TPSA) is 43.0 Å². The van der Waals surface area contributed by atoms with Crippen molar-refractivity contribution in [1.82, 2.24) is 15.0 Å². The van der Waals surface area contributed by atoms with Crippen LogP contribution >= 0.6 is 0 Å². The molecule has 1 aromatic heterocycles. The molecule has 1 heterocycles. The van der Waals surface area contributed by atoms with E-state index in [4.69, 9.17) is 21.5 Å². The van der Waals surface area contributed by atoms with Gasteiger partial charge in [0, 0.05) is 16.7 Å². The fourth-order valence-corrected chi connectivity index (χ4v) is 8.59. The Hall–Kier alpha value is -8.26. The normalized spacial score (nSPS) is 11.3. The van der Waals surface area contributed by atoms with E-state index in [0.29, 0.717) is 23.2 Å². The van der Waals surface area contributed by atoms with Crippen LogP contribution < -0.4 is 0 Å². The Balaban J connectivity index is 1.00. The van der Waals surface area contributed by atoms with E-state index in [-0.39, 0.29) is 0 Å². The zero-order chi connectivity index (χ0) is 40.0. The SMILES string of the molecule is [C-]#[N+]c1cccc(-c2cccc(-c3ccc4ccc5ccccc5c4c3)c2)c1-c1ccc(-c2nc(-c3ccccc3)nc(-c3cccc4c3ccc3ccccc34)n2)cc1. The molecule has 0 fully saturated rings. The van der Waals surface area contributed by atoms with Crippen LogP contribution in [-0.4, -0.2) is 15.0 Å². The maximum Gasteiger partial charge on any atom is 0.195 e. The van der Waals surface area contributed by atoms with E-state index in [2.05, 4.69) is 169 Å². The van der Waals surface area contributed by atoms with E-state index in [1.54, 1.807) is 0 Å². The molecule has 0 spiro atoms. The van der Waals surface area contributed by atoms with Gasteiger partial charge in [0.1, 0.15) is 0 Å². The average Bonchev–Trinajstić information content (AvgIpc) is 3.33. The molecule has 4 nitrogen and oxygen atoms in total. The van der Waals surface area contributed by atoms with Crippen molar-refractivity contribution in [3.63, 3.8) is 0 Å². The van der Waals surface area contributed by atoms with Gasteiger partial charge in [0.25, 0.3) is 0 Å². The number of benzene rings is 10. The van der Waals surface area contributed by atoms with Gasteiger partial charge in [0.15, 0.2) is 23.2 Å². The molecule has 0 unspecified atom stereocenters. The van der Waals surface area contributed by atoms with Crippen LogP contribution in [0.2, 0.25) is 0 Å². The molecule has 0 amide bonds. The summed E-state index contributed by atoms with van der Waals surface area (Å²) in [5.41, 5.74) is 9.48. The van der Waals surface area contributed by atoms with Crippen molar-refractivity contribution in [3.8, 4) is 67.5 Å². The highest BCUT2D eigenvalue weighted by Crippen LogP contribution is 2.42. The summed E-state index contributed by atoms with van der Waals surface area (Å²) in [5.74, 6) is 1.80.